The molecule has 0 aliphatic rings. The van der Waals surface area contributed by atoms with Gasteiger partial charge in [-0.25, -0.2) is 4.39 Å². The predicted molar refractivity (Wildman–Crippen MR) is 81.2 cm³/mol. The third-order valence-corrected chi connectivity index (χ3v) is 3.30. The highest BCUT2D eigenvalue weighted by molar-refractivity contribution is 5.91. The summed E-state index contributed by atoms with van der Waals surface area (Å²) >= 11 is 0. The molecule has 0 aliphatic heterocycles. The van der Waals surface area contributed by atoms with Crippen LogP contribution in [-0.4, -0.2) is 10.8 Å². The van der Waals surface area contributed by atoms with Crippen molar-refractivity contribution in [3.8, 4) is 0 Å². The van der Waals surface area contributed by atoms with Crippen LogP contribution in [0.1, 0.15) is 24.8 Å². The molecule has 0 aromatic heterocycles. The first-order chi connectivity index (χ1) is 10.5. The second-order valence-corrected chi connectivity index (χ2v) is 4.99. The number of non-ortho nitro benzene ring substituents is 1. The normalized spacial score (nSPS) is 11.7. The second-order valence-electron chi connectivity index (χ2n) is 4.99. The van der Waals surface area contributed by atoms with E-state index in [1.54, 1.807) is 0 Å². The summed E-state index contributed by atoms with van der Waals surface area (Å²) in [5, 5.41) is 13.1. The summed E-state index contributed by atoms with van der Waals surface area (Å²) in [5.41, 5.74) is 0.546. The van der Waals surface area contributed by atoms with E-state index in [1.807, 2.05) is 37.3 Å². The number of rotatable bonds is 5. The summed E-state index contributed by atoms with van der Waals surface area (Å²) in [4.78, 5) is 22.0. The van der Waals surface area contributed by atoms with Crippen LogP contribution in [0.2, 0.25) is 0 Å². The van der Waals surface area contributed by atoms with Crippen molar-refractivity contribution >= 4 is 17.3 Å². The smallest absolute Gasteiger partial charge is 0.271 e. The topological polar surface area (TPSA) is 72.2 Å². The van der Waals surface area contributed by atoms with Crippen molar-refractivity contribution in [2.45, 2.75) is 19.3 Å². The molecule has 1 amide bonds. The van der Waals surface area contributed by atoms with Gasteiger partial charge in [-0.1, -0.05) is 37.3 Å². The van der Waals surface area contributed by atoms with Crippen molar-refractivity contribution in [2.24, 2.45) is 0 Å². The number of amides is 1. The molecule has 22 heavy (non-hydrogen) atoms. The van der Waals surface area contributed by atoms with E-state index in [4.69, 9.17) is 0 Å². The lowest BCUT2D eigenvalue weighted by Gasteiger charge is -2.12. The minimum Gasteiger partial charge on any atom is -0.323 e. The summed E-state index contributed by atoms with van der Waals surface area (Å²) in [6.07, 6.45) is 0.159. The zero-order chi connectivity index (χ0) is 16.1. The highest BCUT2D eigenvalue weighted by atomic mass is 19.1. The molecule has 2 aromatic carbocycles. The van der Waals surface area contributed by atoms with E-state index in [0.29, 0.717) is 0 Å². The maximum Gasteiger partial charge on any atom is 0.271 e. The van der Waals surface area contributed by atoms with Gasteiger partial charge in [0.2, 0.25) is 5.91 Å². The van der Waals surface area contributed by atoms with Gasteiger partial charge in [0.15, 0.2) is 0 Å². The standard InChI is InChI=1S/C16H15FN2O3/c1-11(12-5-3-2-4-6-12)9-16(20)18-15-10-13(19(21)22)7-8-14(15)17/h2-8,10-11H,9H2,1H3,(H,18,20)/t11-/m0/s1. The van der Waals surface area contributed by atoms with Crippen molar-refractivity contribution in [3.05, 3.63) is 70.0 Å². The Morgan fingerprint density at radius 1 is 1.27 bits per heavy atom. The molecule has 0 saturated heterocycles. The van der Waals surface area contributed by atoms with Crippen molar-refractivity contribution < 1.29 is 14.1 Å². The fourth-order valence-electron chi connectivity index (χ4n) is 2.10. The van der Waals surface area contributed by atoms with Gasteiger partial charge in [0, 0.05) is 18.6 Å². The number of benzene rings is 2. The van der Waals surface area contributed by atoms with E-state index in [0.717, 1.165) is 23.8 Å². The molecule has 0 fully saturated rings. The SMILES string of the molecule is C[C@@H](CC(=O)Nc1cc([N+](=O)[O-])ccc1F)c1ccccc1. The van der Waals surface area contributed by atoms with Crippen LogP contribution in [0.15, 0.2) is 48.5 Å². The van der Waals surface area contributed by atoms with Gasteiger partial charge in [0.05, 0.1) is 10.6 Å². The van der Waals surface area contributed by atoms with Crippen molar-refractivity contribution in [1.82, 2.24) is 0 Å². The Hall–Kier alpha value is -2.76. The molecule has 0 bridgehead atoms. The minimum absolute atomic E-state index is 0.0389. The number of halogens is 1. The predicted octanol–water partition coefficient (Wildman–Crippen LogP) is 3.87. The number of carbonyl (C=O) groups is 1. The van der Waals surface area contributed by atoms with Crippen LogP contribution in [0.25, 0.3) is 0 Å². The molecule has 2 aromatic rings. The summed E-state index contributed by atoms with van der Waals surface area (Å²) < 4.78 is 13.6. The molecule has 114 valence electrons. The Morgan fingerprint density at radius 2 is 1.95 bits per heavy atom. The molecule has 1 atom stereocenters. The van der Waals surface area contributed by atoms with Crippen molar-refractivity contribution in [3.63, 3.8) is 0 Å². The highest BCUT2D eigenvalue weighted by Crippen LogP contribution is 2.23. The van der Waals surface area contributed by atoms with Crippen LogP contribution < -0.4 is 5.32 Å². The van der Waals surface area contributed by atoms with Crippen LogP contribution in [0.4, 0.5) is 15.8 Å². The molecular formula is C16H15FN2O3. The Bertz CT molecular complexity index is 689. The van der Waals surface area contributed by atoms with E-state index in [1.165, 1.54) is 0 Å². The van der Waals surface area contributed by atoms with Gasteiger partial charge in [-0.15, -0.1) is 0 Å². The Kier molecular flexibility index (Phi) is 4.83. The summed E-state index contributed by atoms with van der Waals surface area (Å²) in [7, 11) is 0. The van der Waals surface area contributed by atoms with Crippen molar-refractivity contribution in [1.29, 1.82) is 0 Å². The molecule has 0 heterocycles. The van der Waals surface area contributed by atoms with Gasteiger partial charge in [-0.2, -0.15) is 0 Å². The third kappa shape index (κ3) is 3.88. The number of carbonyl (C=O) groups excluding carboxylic acids is 1. The number of nitrogens with zero attached hydrogens (tertiary/aromatic N) is 1. The molecule has 0 spiro atoms. The van der Waals surface area contributed by atoms with Gasteiger partial charge >= 0.3 is 0 Å². The molecule has 5 nitrogen and oxygen atoms in total. The second kappa shape index (κ2) is 6.80. The van der Waals surface area contributed by atoms with E-state index >= 15 is 0 Å². The lowest BCUT2D eigenvalue weighted by Crippen LogP contribution is -2.15. The minimum atomic E-state index is -0.702. The average molecular weight is 302 g/mol. The lowest BCUT2D eigenvalue weighted by molar-refractivity contribution is -0.384. The maximum atomic E-state index is 13.6. The zero-order valence-electron chi connectivity index (χ0n) is 12.0. The molecule has 6 heteroatoms. The highest BCUT2D eigenvalue weighted by Gasteiger charge is 2.15. The average Bonchev–Trinajstić information content (AvgIpc) is 2.50. The fraction of sp³-hybridized carbons (Fsp3) is 0.188. The monoisotopic (exact) mass is 302 g/mol. The van der Waals surface area contributed by atoms with Crippen LogP contribution in [-0.2, 0) is 4.79 Å². The molecule has 0 saturated carbocycles. The number of nitro groups is 1. The number of hydrogen-bond acceptors (Lipinski definition) is 3. The number of hydrogen-bond donors (Lipinski definition) is 1. The van der Waals surface area contributed by atoms with Crippen LogP contribution in [0, 0.1) is 15.9 Å². The molecular weight excluding hydrogens is 287 g/mol. The van der Waals surface area contributed by atoms with Gasteiger partial charge in [0.1, 0.15) is 5.82 Å². The van der Waals surface area contributed by atoms with Gasteiger partial charge in [-0.05, 0) is 17.5 Å². The first-order valence-electron chi connectivity index (χ1n) is 6.76. The third-order valence-electron chi connectivity index (χ3n) is 3.30. The van der Waals surface area contributed by atoms with E-state index in [9.17, 15) is 19.3 Å². The first kappa shape index (κ1) is 15.6. The lowest BCUT2D eigenvalue weighted by atomic mass is 9.97. The van der Waals surface area contributed by atoms with E-state index < -0.39 is 16.6 Å². The number of anilines is 1. The number of nitrogens with one attached hydrogen (secondary N) is 1. The van der Waals surface area contributed by atoms with Crippen LogP contribution in [0.5, 0.6) is 0 Å². The Morgan fingerprint density at radius 3 is 2.59 bits per heavy atom. The molecule has 0 radical (unpaired) electrons. The largest absolute Gasteiger partial charge is 0.323 e. The molecule has 1 N–H and O–H groups in total. The Balaban J connectivity index is 2.06. The van der Waals surface area contributed by atoms with Gasteiger partial charge in [0.25, 0.3) is 5.69 Å². The van der Waals surface area contributed by atoms with Crippen LogP contribution >= 0.6 is 0 Å². The van der Waals surface area contributed by atoms with E-state index in [-0.39, 0.29) is 23.7 Å². The quantitative estimate of drug-likeness (QED) is 0.673. The summed E-state index contributed by atoms with van der Waals surface area (Å²) in [5.74, 6) is -1.13. The summed E-state index contributed by atoms with van der Waals surface area (Å²) in [6, 6.07) is 12.5. The van der Waals surface area contributed by atoms with Crippen molar-refractivity contribution in [2.75, 3.05) is 5.32 Å². The first-order valence-corrected chi connectivity index (χ1v) is 6.76. The number of nitro benzene ring substituents is 1. The van der Waals surface area contributed by atoms with Gasteiger partial charge < -0.3 is 5.32 Å². The summed E-state index contributed by atoms with van der Waals surface area (Å²) in [6.45, 7) is 1.89. The molecule has 0 unspecified atom stereocenters. The van der Waals surface area contributed by atoms with Gasteiger partial charge in [-0.3, -0.25) is 14.9 Å². The maximum absolute atomic E-state index is 13.6. The van der Waals surface area contributed by atoms with E-state index in [2.05, 4.69) is 5.32 Å². The Labute approximate surface area is 126 Å². The zero-order valence-corrected chi connectivity index (χ0v) is 12.0. The van der Waals surface area contributed by atoms with Crippen LogP contribution in [0.3, 0.4) is 0 Å². The molecule has 2 rings (SSSR count). The fourth-order valence-corrected chi connectivity index (χ4v) is 2.10. The molecule has 0 aliphatic carbocycles.